The van der Waals surface area contributed by atoms with Gasteiger partial charge in [0.1, 0.15) is 10.7 Å². The second-order valence-corrected chi connectivity index (χ2v) is 5.57. The van der Waals surface area contributed by atoms with Gasteiger partial charge in [-0.05, 0) is 19.9 Å². The van der Waals surface area contributed by atoms with E-state index < -0.39 is 22.0 Å². The molecule has 0 aromatic carbocycles. The van der Waals surface area contributed by atoms with E-state index in [1.165, 1.54) is 11.4 Å². The van der Waals surface area contributed by atoms with E-state index in [0.29, 0.717) is 17.0 Å². The van der Waals surface area contributed by atoms with Gasteiger partial charge in [-0.2, -0.15) is 8.42 Å². The highest BCUT2D eigenvalue weighted by Gasteiger charge is 2.11. The van der Waals surface area contributed by atoms with Crippen molar-refractivity contribution in [2.24, 2.45) is 8.80 Å². The lowest BCUT2D eigenvalue weighted by atomic mass is 10.4. The Labute approximate surface area is 123 Å². The van der Waals surface area contributed by atoms with Crippen LogP contribution in [-0.4, -0.2) is 32.7 Å². The van der Waals surface area contributed by atoms with E-state index in [9.17, 15) is 27.2 Å². The second kappa shape index (κ2) is 8.88. The molecule has 0 atom stereocenters. The Morgan fingerprint density at radius 1 is 1.33 bits per heavy atom. The summed E-state index contributed by atoms with van der Waals surface area (Å²) in [5, 5.41) is 1.27. The van der Waals surface area contributed by atoms with Crippen LogP contribution >= 0.6 is 11.3 Å². The first-order valence-corrected chi connectivity index (χ1v) is 7.37. The molecule has 0 saturated carbocycles. The van der Waals surface area contributed by atoms with Crippen molar-refractivity contribution >= 4 is 39.7 Å². The molecule has 1 aromatic heterocycles. The number of hydrogen-bond donors (Lipinski definition) is 0. The minimum Gasteiger partial charge on any atom is -0.459 e. The molecular formula is C10H9FN2O6S2. The minimum atomic E-state index is -4.28. The SMILES string of the molecule is CC(C)OC(=O)c1cc(F)cs1.O=C=NS(=O)(=O)N=C=O. The molecule has 11 heteroatoms. The first kappa shape index (κ1) is 18.8. The quantitative estimate of drug-likeness (QED) is 0.465. The third-order valence-corrected chi connectivity index (χ3v) is 2.91. The predicted molar refractivity (Wildman–Crippen MR) is 70.0 cm³/mol. The number of isocyanates is 2. The van der Waals surface area contributed by atoms with Gasteiger partial charge in [0.05, 0.1) is 6.10 Å². The molecule has 21 heavy (non-hydrogen) atoms. The van der Waals surface area contributed by atoms with E-state index in [1.807, 2.05) is 0 Å². The van der Waals surface area contributed by atoms with Crippen molar-refractivity contribution in [1.29, 1.82) is 0 Å². The zero-order chi connectivity index (χ0) is 16.5. The molecule has 1 heterocycles. The molecule has 114 valence electrons. The molecule has 0 spiro atoms. The Bertz CT molecular complexity index is 660. The van der Waals surface area contributed by atoms with Gasteiger partial charge in [0, 0.05) is 5.38 Å². The minimum absolute atomic E-state index is 0.164. The Morgan fingerprint density at radius 2 is 1.86 bits per heavy atom. The van der Waals surface area contributed by atoms with Crippen molar-refractivity contribution in [1.82, 2.24) is 0 Å². The zero-order valence-corrected chi connectivity index (χ0v) is 12.4. The highest BCUT2D eigenvalue weighted by Crippen LogP contribution is 2.14. The van der Waals surface area contributed by atoms with Crippen molar-refractivity contribution in [3.8, 4) is 0 Å². The fourth-order valence-electron chi connectivity index (χ4n) is 0.807. The number of carbonyl (C=O) groups is 1. The summed E-state index contributed by atoms with van der Waals surface area (Å²) >= 11 is 1.05. The van der Waals surface area contributed by atoms with E-state index in [2.05, 4.69) is 8.80 Å². The summed E-state index contributed by atoms with van der Waals surface area (Å²) in [6, 6.07) is 1.18. The maximum atomic E-state index is 12.4. The van der Waals surface area contributed by atoms with Gasteiger partial charge >= 0.3 is 16.2 Å². The number of nitrogens with zero attached hydrogens (tertiary/aromatic N) is 2. The van der Waals surface area contributed by atoms with Gasteiger partial charge in [-0.3, -0.25) is 0 Å². The second-order valence-electron chi connectivity index (χ2n) is 3.40. The molecule has 0 fully saturated rings. The number of thiophene rings is 1. The van der Waals surface area contributed by atoms with Gasteiger partial charge in [0.2, 0.25) is 0 Å². The average molecular weight is 336 g/mol. The first-order chi connectivity index (χ1) is 9.71. The van der Waals surface area contributed by atoms with Crippen LogP contribution in [0.1, 0.15) is 23.5 Å². The van der Waals surface area contributed by atoms with Gasteiger partial charge in [0.25, 0.3) is 12.2 Å². The van der Waals surface area contributed by atoms with Crippen molar-refractivity contribution < 1.29 is 31.9 Å². The molecule has 0 aliphatic carbocycles. The van der Waals surface area contributed by atoms with Crippen LogP contribution in [0.15, 0.2) is 20.2 Å². The standard InChI is InChI=1S/C8H9FO2S.C2N2O4S/c1-5(2)11-8(10)7-3-6(9)4-12-7;5-1-3-9(7,8)4-2-6/h3-5H,1-2H3;. The van der Waals surface area contributed by atoms with Crippen LogP contribution in [0.25, 0.3) is 0 Å². The number of rotatable bonds is 4. The molecule has 0 aliphatic heterocycles. The summed E-state index contributed by atoms with van der Waals surface area (Å²) in [5.74, 6) is -0.852. The van der Waals surface area contributed by atoms with Crippen LogP contribution in [-0.2, 0) is 24.5 Å². The number of hydrogen-bond acceptors (Lipinski definition) is 7. The molecule has 0 unspecified atom stereocenters. The van der Waals surface area contributed by atoms with Crippen molar-refractivity contribution in [3.05, 3.63) is 22.1 Å². The molecule has 1 rings (SSSR count). The molecule has 0 radical (unpaired) electrons. The molecule has 1 aromatic rings. The van der Waals surface area contributed by atoms with E-state index in [4.69, 9.17) is 4.74 Å². The van der Waals surface area contributed by atoms with E-state index in [-0.39, 0.29) is 6.10 Å². The van der Waals surface area contributed by atoms with E-state index in [1.54, 1.807) is 13.8 Å². The first-order valence-electron chi connectivity index (χ1n) is 5.10. The molecule has 0 amide bonds. The van der Waals surface area contributed by atoms with Crippen LogP contribution in [0.2, 0.25) is 0 Å². The van der Waals surface area contributed by atoms with Crippen LogP contribution in [0.4, 0.5) is 4.39 Å². The fraction of sp³-hybridized carbons (Fsp3) is 0.300. The maximum absolute atomic E-state index is 12.4. The van der Waals surface area contributed by atoms with Crippen molar-refractivity contribution in [2.75, 3.05) is 0 Å². The Balaban J connectivity index is 0.000000400. The lowest BCUT2D eigenvalue weighted by Gasteiger charge is -2.04. The summed E-state index contributed by atoms with van der Waals surface area (Å²) in [5.41, 5.74) is 0. The highest BCUT2D eigenvalue weighted by atomic mass is 32.2. The van der Waals surface area contributed by atoms with Gasteiger partial charge < -0.3 is 4.74 Å². The lowest BCUT2D eigenvalue weighted by molar-refractivity contribution is 0.0383. The number of esters is 1. The Kier molecular flexibility index (Phi) is 7.95. The average Bonchev–Trinajstić information content (AvgIpc) is 2.75. The van der Waals surface area contributed by atoms with Gasteiger partial charge in [-0.25, -0.2) is 18.8 Å². The van der Waals surface area contributed by atoms with Gasteiger partial charge in [0.15, 0.2) is 0 Å². The predicted octanol–water partition coefficient (Wildman–Crippen LogP) is 1.36. The fourth-order valence-corrected chi connectivity index (χ4v) is 1.67. The molecule has 8 nitrogen and oxygen atoms in total. The summed E-state index contributed by atoms with van der Waals surface area (Å²) in [6.07, 6.45) is 1.25. The third kappa shape index (κ3) is 8.56. The Morgan fingerprint density at radius 3 is 2.19 bits per heavy atom. The smallest absolute Gasteiger partial charge is 0.383 e. The molecule has 0 N–H and O–H groups in total. The summed E-state index contributed by atoms with van der Waals surface area (Å²) in [6.45, 7) is 3.50. The monoisotopic (exact) mass is 336 g/mol. The Hall–Kier alpha value is -2.19. The highest BCUT2D eigenvalue weighted by molar-refractivity contribution is 7.89. The zero-order valence-electron chi connectivity index (χ0n) is 10.8. The van der Waals surface area contributed by atoms with Gasteiger partial charge in [-0.15, -0.1) is 11.3 Å². The molecule has 0 aliphatic rings. The van der Waals surface area contributed by atoms with Crippen molar-refractivity contribution in [3.63, 3.8) is 0 Å². The summed E-state index contributed by atoms with van der Waals surface area (Å²) < 4.78 is 41.6. The largest absolute Gasteiger partial charge is 0.459 e. The van der Waals surface area contributed by atoms with Gasteiger partial charge in [-0.1, -0.05) is 8.80 Å². The third-order valence-electron chi connectivity index (χ3n) is 1.42. The van der Waals surface area contributed by atoms with Crippen LogP contribution < -0.4 is 0 Å². The maximum Gasteiger partial charge on any atom is 0.383 e. The molecule has 0 bridgehead atoms. The molecule has 0 saturated heterocycles. The summed E-state index contributed by atoms with van der Waals surface area (Å²) in [7, 11) is -4.28. The number of carbonyl (C=O) groups excluding carboxylic acids is 3. The van der Waals surface area contributed by atoms with Crippen LogP contribution in [0.5, 0.6) is 0 Å². The van der Waals surface area contributed by atoms with Crippen LogP contribution in [0, 0.1) is 5.82 Å². The van der Waals surface area contributed by atoms with Crippen LogP contribution in [0.3, 0.4) is 0 Å². The van der Waals surface area contributed by atoms with E-state index >= 15 is 0 Å². The molecular weight excluding hydrogens is 327 g/mol. The van der Waals surface area contributed by atoms with E-state index in [0.717, 1.165) is 11.3 Å². The van der Waals surface area contributed by atoms with Crippen molar-refractivity contribution in [2.45, 2.75) is 20.0 Å². The number of halogens is 1. The normalized spacial score (nSPS) is 9.71. The topological polar surface area (TPSA) is 119 Å². The summed E-state index contributed by atoms with van der Waals surface area (Å²) in [4.78, 5) is 29.9. The lowest BCUT2D eigenvalue weighted by Crippen LogP contribution is -2.09. The number of ether oxygens (including phenoxy) is 1.